The summed E-state index contributed by atoms with van der Waals surface area (Å²) in [6.07, 6.45) is 0. The average Bonchev–Trinajstić information content (AvgIpc) is 2.65. The molecule has 2 aromatic rings. The highest BCUT2D eigenvalue weighted by atomic mass is 35.5. The van der Waals surface area contributed by atoms with Crippen molar-refractivity contribution in [2.45, 2.75) is 6.54 Å². The third-order valence-corrected chi connectivity index (χ3v) is 3.91. The number of anilines is 1. The first-order valence-electron chi connectivity index (χ1n) is 8.21. The van der Waals surface area contributed by atoms with Gasteiger partial charge in [0.1, 0.15) is 11.5 Å². The molecule has 0 saturated heterocycles. The van der Waals surface area contributed by atoms with Crippen LogP contribution in [0.25, 0.3) is 0 Å². The summed E-state index contributed by atoms with van der Waals surface area (Å²) in [6, 6.07) is 12.6. The van der Waals surface area contributed by atoms with Crippen molar-refractivity contribution in [3.63, 3.8) is 0 Å². The Morgan fingerprint density at radius 3 is 2.70 bits per heavy atom. The molecule has 0 spiro atoms. The second-order valence-electron chi connectivity index (χ2n) is 5.90. The van der Waals surface area contributed by atoms with E-state index in [-0.39, 0.29) is 18.5 Å². The monoisotopic (exact) mass is 390 g/mol. The topological polar surface area (TPSA) is 89.2 Å². The molecule has 0 heterocycles. The van der Waals surface area contributed by atoms with Crippen molar-refractivity contribution >= 4 is 29.2 Å². The van der Waals surface area contributed by atoms with E-state index in [1.807, 2.05) is 18.2 Å². The third kappa shape index (κ3) is 6.38. The number of hydrogen-bond donors (Lipinski definition) is 2. The second kappa shape index (κ2) is 9.68. The zero-order valence-electron chi connectivity index (χ0n) is 15.5. The quantitative estimate of drug-likeness (QED) is 0.560. The highest BCUT2D eigenvalue weighted by Crippen LogP contribution is 2.27. The molecule has 3 N–H and O–H groups in total. The highest BCUT2D eigenvalue weighted by molar-refractivity contribution is 6.32. The zero-order chi connectivity index (χ0) is 19.8. The summed E-state index contributed by atoms with van der Waals surface area (Å²) >= 11 is 6.09. The van der Waals surface area contributed by atoms with Gasteiger partial charge >= 0.3 is 0 Å². The Balaban J connectivity index is 1.95. The maximum Gasteiger partial charge on any atom is 0.259 e. The molecule has 8 heteroatoms. The Morgan fingerprint density at radius 1 is 1.26 bits per heavy atom. The molecular weight excluding hydrogens is 368 g/mol. The van der Waals surface area contributed by atoms with Crippen LogP contribution >= 0.6 is 11.6 Å². The van der Waals surface area contributed by atoms with Gasteiger partial charge in [0.15, 0.2) is 12.6 Å². The molecule has 144 valence electrons. The summed E-state index contributed by atoms with van der Waals surface area (Å²) in [5.74, 6) is 1.34. The number of likely N-dealkylation sites (N-methyl/N-ethyl adjacent to an activating group) is 1. The molecule has 0 bridgehead atoms. The fraction of sp³-hybridized carbons (Fsp3) is 0.263. The van der Waals surface area contributed by atoms with Gasteiger partial charge in [0, 0.05) is 19.8 Å². The van der Waals surface area contributed by atoms with E-state index in [2.05, 4.69) is 10.3 Å². The number of methoxy groups -OCH3 is 1. The Labute approximate surface area is 163 Å². The van der Waals surface area contributed by atoms with Gasteiger partial charge in [-0.15, -0.1) is 0 Å². The smallest absolute Gasteiger partial charge is 0.259 e. The van der Waals surface area contributed by atoms with Crippen LogP contribution in [0.2, 0.25) is 5.02 Å². The number of nitrogens with zero attached hydrogens (tertiary/aromatic N) is 2. The van der Waals surface area contributed by atoms with Crippen molar-refractivity contribution in [3.8, 4) is 11.5 Å². The number of rotatable bonds is 7. The van der Waals surface area contributed by atoms with Crippen molar-refractivity contribution < 1.29 is 14.3 Å². The molecular formula is C19H23ClN4O3. The predicted molar refractivity (Wildman–Crippen MR) is 108 cm³/mol. The largest absolute Gasteiger partial charge is 0.495 e. The number of halogens is 1. The summed E-state index contributed by atoms with van der Waals surface area (Å²) < 4.78 is 10.6. The normalized spacial score (nSPS) is 11.0. The van der Waals surface area contributed by atoms with Gasteiger partial charge in [0.25, 0.3) is 5.91 Å². The van der Waals surface area contributed by atoms with Crippen LogP contribution in [0, 0.1) is 0 Å². The number of benzene rings is 2. The zero-order valence-corrected chi connectivity index (χ0v) is 16.3. The minimum Gasteiger partial charge on any atom is -0.495 e. The Hall–Kier alpha value is -2.93. The number of amides is 1. The number of hydrogen-bond acceptors (Lipinski definition) is 4. The van der Waals surface area contributed by atoms with Crippen LogP contribution in [-0.2, 0) is 11.3 Å². The molecule has 7 nitrogen and oxygen atoms in total. The SMILES string of the molecule is COc1ccc(NC(N)=NCc2cccc(OCC(=O)N(C)C)c2)cc1Cl. The molecule has 0 aromatic heterocycles. The van der Waals surface area contributed by atoms with Crippen LogP contribution in [0.3, 0.4) is 0 Å². The molecule has 0 atom stereocenters. The lowest BCUT2D eigenvalue weighted by molar-refractivity contribution is -0.130. The van der Waals surface area contributed by atoms with Gasteiger partial charge in [-0.1, -0.05) is 23.7 Å². The predicted octanol–water partition coefficient (Wildman–Crippen LogP) is 2.74. The molecule has 0 unspecified atom stereocenters. The van der Waals surface area contributed by atoms with Gasteiger partial charge in [-0.2, -0.15) is 0 Å². The summed E-state index contributed by atoms with van der Waals surface area (Å²) in [6.45, 7) is 0.350. The lowest BCUT2D eigenvalue weighted by Crippen LogP contribution is -2.27. The van der Waals surface area contributed by atoms with E-state index in [4.69, 9.17) is 26.8 Å². The van der Waals surface area contributed by atoms with Crippen LogP contribution in [0.5, 0.6) is 11.5 Å². The van der Waals surface area contributed by atoms with Gasteiger partial charge in [-0.05, 0) is 35.9 Å². The Bertz CT molecular complexity index is 824. The molecule has 0 fully saturated rings. The number of carbonyl (C=O) groups excluding carboxylic acids is 1. The van der Waals surface area contributed by atoms with Gasteiger partial charge in [-0.3, -0.25) is 4.79 Å². The second-order valence-corrected chi connectivity index (χ2v) is 6.31. The van der Waals surface area contributed by atoms with Crippen LogP contribution in [0.15, 0.2) is 47.5 Å². The Morgan fingerprint density at radius 2 is 2.04 bits per heavy atom. The molecule has 0 radical (unpaired) electrons. The van der Waals surface area contributed by atoms with Gasteiger partial charge in [0.05, 0.1) is 18.7 Å². The first-order chi connectivity index (χ1) is 12.9. The minimum atomic E-state index is -0.106. The van der Waals surface area contributed by atoms with E-state index in [0.29, 0.717) is 28.8 Å². The van der Waals surface area contributed by atoms with Crippen molar-refractivity contribution in [2.24, 2.45) is 10.7 Å². The summed E-state index contributed by atoms with van der Waals surface area (Å²) in [4.78, 5) is 17.4. The van der Waals surface area contributed by atoms with Crippen molar-refractivity contribution in [2.75, 3.05) is 33.1 Å². The molecule has 0 aliphatic carbocycles. The average molecular weight is 391 g/mol. The van der Waals surface area contributed by atoms with E-state index in [1.54, 1.807) is 45.5 Å². The maximum absolute atomic E-state index is 11.6. The summed E-state index contributed by atoms with van der Waals surface area (Å²) in [7, 11) is 4.92. The standard InChI is InChI=1S/C19H23ClN4O3/c1-24(2)18(25)12-27-15-6-4-5-13(9-15)11-22-19(21)23-14-7-8-17(26-3)16(20)10-14/h4-10H,11-12H2,1-3H3,(H3,21,22,23). The molecule has 0 saturated carbocycles. The van der Waals surface area contributed by atoms with E-state index in [0.717, 1.165) is 5.56 Å². The fourth-order valence-corrected chi connectivity index (χ4v) is 2.37. The van der Waals surface area contributed by atoms with E-state index < -0.39 is 0 Å². The van der Waals surface area contributed by atoms with Crippen LogP contribution in [0.1, 0.15) is 5.56 Å². The van der Waals surface area contributed by atoms with E-state index in [9.17, 15) is 4.79 Å². The highest BCUT2D eigenvalue weighted by Gasteiger charge is 2.06. The minimum absolute atomic E-state index is 0.0123. The number of carbonyl (C=O) groups is 1. The number of nitrogens with one attached hydrogen (secondary N) is 1. The van der Waals surface area contributed by atoms with Gasteiger partial charge < -0.3 is 25.4 Å². The van der Waals surface area contributed by atoms with Crippen molar-refractivity contribution in [1.29, 1.82) is 0 Å². The summed E-state index contributed by atoms with van der Waals surface area (Å²) in [5, 5.41) is 3.46. The summed E-state index contributed by atoms with van der Waals surface area (Å²) in [5.41, 5.74) is 7.54. The molecule has 0 aliphatic rings. The van der Waals surface area contributed by atoms with Crippen molar-refractivity contribution in [3.05, 3.63) is 53.1 Å². The lowest BCUT2D eigenvalue weighted by Gasteiger charge is -2.12. The first-order valence-corrected chi connectivity index (χ1v) is 8.59. The van der Waals surface area contributed by atoms with E-state index in [1.165, 1.54) is 4.90 Å². The molecule has 1 amide bonds. The number of aliphatic imine (C=N–C) groups is 1. The fourth-order valence-electron chi connectivity index (χ4n) is 2.12. The van der Waals surface area contributed by atoms with E-state index >= 15 is 0 Å². The third-order valence-electron chi connectivity index (χ3n) is 3.62. The maximum atomic E-state index is 11.6. The molecule has 27 heavy (non-hydrogen) atoms. The van der Waals surface area contributed by atoms with Gasteiger partial charge in [-0.25, -0.2) is 4.99 Å². The van der Waals surface area contributed by atoms with Crippen LogP contribution in [-0.4, -0.2) is 44.6 Å². The Kier molecular flexibility index (Phi) is 7.31. The first kappa shape index (κ1) is 20.4. The molecule has 2 rings (SSSR count). The molecule has 0 aliphatic heterocycles. The lowest BCUT2D eigenvalue weighted by atomic mass is 10.2. The van der Waals surface area contributed by atoms with Crippen LogP contribution < -0.4 is 20.5 Å². The number of guanidine groups is 1. The number of nitrogens with two attached hydrogens (primary N) is 1. The number of ether oxygens (including phenoxy) is 2. The van der Waals surface area contributed by atoms with Gasteiger partial charge in [0.2, 0.25) is 0 Å². The molecule has 2 aromatic carbocycles. The van der Waals surface area contributed by atoms with Crippen LogP contribution in [0.4, 0.5) is 5.69 Å². The van der Waals surface area contributed by atoms with Crippen molar-refractivity contribution in [1.82, 2.24) is 4.90 Å².